The molecule has 0 radical (unpaired) electrons. The van der Waals surface area contributed by atoms with E-state index in [2.05, 4.69) is 10.6 Å². The van der Waals surface area contributed by atoms with Gasteiger partial charge in [0.15, 0.2) is 0 Å². The van der Waals surface area contributed by atoms with Gasteiger partial charge in [0.2, 0.25) is 11.8 Å². The number of imide groups is 1. The minimum atomic E-state index is -0.595. The second-order valence-corrected chi connectivity index (χ2v) is 6.28. The van der Waals surface area contributed by atoms with Gasteiger partial charge in [-0.25, -0.2) is 0 Å². The number of anilines is 1. The van der Waals surface area contributed by atoms with E-state index in [1.807, 2.05) is 6.07 Å². The molecule has 1 aromatic carbocycles. The summed E-state index contributed by atoms with van der Waals surface area (Å²) in [7, 11) is 0. The van der Waals surface area contributed by atoms with Gasteiger partial charge in [-0.15, -0.1) is 0 Å². The molecule has 1 saturated heterocycles. The molecule has 4 rings (SSSR count). The summed E-state index contributed by atoms with van der Waals surface area (Å²) in [4.78, 5) is 37.7. The lowest BCUT2D eigenvalue weighted by Gasteiger charge is -2.29. The lowest BCUT2D eigenvalue weighted by molar-refractivity contribution is -0.136. The van der Waals surface area contributed by atoms with Crippen molar-refractivity contribution < 1.29 is 14.4 Å². The van der Waals surface area contributed by atoms with Gasteiger partial charge in [-0.05, 0) is 36.6 Å². The summed E-state index contributed by atoms with van der Waals surface area (Å²) in [6.07, 6.45) is 1.47. The van der Waals surface area contributed by atoms with E-state index >= 15 is 0 Å². The molecule has 3 aliphatic rings. The minimum Gasteiger partial charge on any atom is -0.398 e. The second-order valence-electron chi connectivity index (χ2n) is 6.28. The van der Waals surface area contributed by atoms with Crippen molar-refractivity contribution in [1.29, 1.82) is 0 Å². The number of hydrogen-bond acceptors (Lipinski definition) is 5. The topological polar surface area (TPSA) is 105 Å². The third-order valence-corrected chi connectivity index (χ3v) is 4.96. The molecule has 23 heavy (non-hydrogen) atoms. The van der Waals surface area contributed by atoms with Crippen molar-refractivity contribution in [2.24, 2.45) is 0 Å². The number of nitrogens with one attached hydrogen (secondary N) is 2. The number of amides is 3. The molecule has 1 atom stereocenters. The van der Waals surface area contributed by atoms with Crippen LogP contribution in [0, 0.1) is 0 Å². The Morgan fingerprint density at radius 2 is 2.00 bits per heavy atom. The van der Waals surface area contributed by atoms with Crippen molar-refractivity contribution in [3.8, 4) is 0 Å². The zero-order chi connectivity index (χ0) is 16.1. The Kier molecular flexibility index (Phi) is 3.12. The largest absolute Gasteiger partial charge is 0.398 e. The molecule has 1 fully saturated rings. The van der Waals surface area contributed by atoms with E-state index in [4.69, 9.17) is 5.73 Å². The van der Waals surface area contributed by atoms with Gasteiger partial charge in [-0.3, -0.25) is 19.7 Å². The Labute approximate surface area is 133 Å². The van der Waals surface area contributed by atoms with E-state index in [0.29, 0.717) is 30.8 Å². The highest BCUT2D eigenvalue weighted by Crippen LogP contribution is 2.35. The average Bonchev–Trinajstić information content (AvgIpc) is 2.85. The van der Waals surface area contributed by atoms with Crippen LogP contribution in [0.2, 0.25) is 0 Å². The molecule has 120 valence electrons. The Balaban J connectivity index is 1.69. The molecule has 7 heteroatoms. The maximum atomic E-state index is 12.8. The fourth-order valence-electron chi connectivity index (χ4n) is 3.71. The Hall–Kier alpha value is -2.41. The monoisotopic (exact) mass is 314 g/mol. The van der Waals surface area contributed by atoms with Gasteiger partial charge in [-0.1, -0.05) is 0 Å². The fraction of sp³-hybridized carbons (Fsp3) is 0.438. The molecule has 0 spiro atoms. The first kappa shape index (κ1) is 14.2. The van der Waals surface area contributed by atoms with Crippen LogP contribution in [0.4, 0.5) is 5.69 Å². The highest BCUT2D eigenvalue weighted by atomic mass is 16.2. The number of carbonyl (C=O) groups is 3. The summed E-state index contributed by atoms with van der Waals surface area (Å²) in [5, 5.41) is 5.60. The Morgan fingerprint density at radius 1 is 1.17 bits per heavy atom. The van der Waals surface area contributed by atoms with E-state index in [-0.39, 0.29) is 18.2 Å². The number of carbonyl (C=O) groups excluding carboxylic acids is 3. The van der Waals surface area contributed by atoms with Gasteiger partial charge in [0.05, 0.1) is 0 Å². The molecule has 7 nitrogen and oxygen atoms in total. The summed E-state index contributed by atoms with van der Waals surface area (Å²) >= 11 is 0. The zero-order valence-corrected chi connectivity index (χ0v) is 12.6. The number of rotatable bonds is 1. The van der Waals surface area contributed by atoms with Gasteiger partial charge in [0.25, 0.3) is 5.91 Å². The molecule has 0 saturated carbocycles. The van der Waals surface area contributed by atoms with E-state index in [1.54, 1.807) is 4.90 Å². The molecule has 0 aromatic heterocycles. The summed E-state index contributed by atoms with van der Waals surface area (Å²) < 4.78 is 0. The van der Waals surface area contributed by atoms with Crippen molar-refractivity contribution >= 4 is 23.4 Å². The molecule has 1 unspecified atom stereocenters. The molecular formula is C16H18N4O3. The summed E-state index contributed by atoms with van der Waals surface area (Å²) in [5.74, 6) is -0.841. The molecule has 1 aromatic rings. The first-order valence-corrected chi connectivity index (χ1v) is 7.84. The van der Waals surface area contributed by atoms with Crippen LogP contribution in [-0.4, -0.2) is 35.2 Å². The number of nitrogen functional groups attached to an aromatic ring is 1. The van der Waals surface area contributed by atoms with Crippen LogP contribution in [0.1, 0.15) is 39.9 Å². The zero-order valence-electron chi connectivity index (χ0n) is 12.6. The second kappa shape index (κ2) is 5.06. The molecule has 4 N–H and O–H groups in total. The first-order chi connectivity index (χ1) is 11.1. The fourth-order valence-corrected chi connectivity index (χ4v) is 3.71. The molecular weight excluding hydrogens is 296 g/mol. The Bertz CT molecular complexity index is 743. The third kappa shape index (κ3) is 2.11. The number of benzene rings is 1. The predicted octanol–water partition coefficient (Wildman–Crippen LogP) is -0.325. The standard InChI is InChI=1S/C16H18N4O3/c17-14-10-6-18-4-3-8(10)5-9-11(14)7-20(16(9)23)12-1-2-13(21)19-15(12)22/h5,12,18H,1-4,6-7,17H2,(H,19,21,22). The number of piperidine rings is 1. The predicted molar refractivity (Wildman–Crippen MR) is 82.3 cm³/mol. The van der Waals surface area contributed by atoms with Crippen LogP contribution < -0.4 is 16.4 Å². The Morgan fingerprint density at radius 3 is 2.78 bits per heavy atom. The van der Waals surface area contributed by atoms with Crippen molar-refractivity contribution in [2.45, 2.75) is 38.4 Å². The van der Waals surface area contributed by atoms with Gasteiger partial charge in [0.1, 0.15) is 6.04 Å². The van der Waals surface area contributed by atoms with Crippen LogP contribution in [0.5, 0.6) is 0 Å². The van der Waals surface area contributed by atoms with E-state index in [0.717, 1.165) is 29.7 Å². The highest BCUT2D eigenvalue weighted by molar-refractivity contribution is 6.06. The van der Waals surface area contributed by atoms with Gasteiger partial charge < -0.3 is 16.0 Å². The quantitative estimate of drug-likeness (QED) is 0.486. The summed E-state index contributed by atoms with van der Waals surface area (Å²) in [6, 6.07) is 1.33. The number of hydrogen-bond donors (Lipinski definition) is 3. The average molecular weight is 314 g/mol. The number of nitrogens with two attached hydrogens (primary N) is 1. The van der Waals surface area contributed by atoms with E-state index < -0.39 is 11.9 Å². The van der Waals surface area contributed by atoms with Crippen molar-refractivity contribution in [1.82, 2.24) is 15.5 Å². The maximum Gasteiger partial charge on any atom is 0.255 e. The first-order valence-electron chi connectivity index (χ1n) is 7.84. The van der Waals surface area contributed by atoms with E-state index in [9.17, 15) is 14.4 Å². The normalized spacial score (nSPS) is 23.6. The third-order valence-electron chi connectivity index (χ3n) is 4.96. The minimum absolute atomic E-state index is 0.164. The smallest absolute Gasteiger partial charge is 0.255 e. The highest BCUT2D eigenvalue weighted by Gasteiger charge is 2.40. The molecule has 3 heterocycles. The van der Waals surface area contributed by atoms with Crippen molar-refractivity contribution in [2.75, 3.05) is 12.3 Å². The van der Waals surface area contributed by atoms with Crippen LogP contribution in [0.15, 0.2) is 6.07 Å². The van der Waals surface area contributed by atoms with Gasteiger partial charge in [0, 0.05) is 36.3 Å². The van der Waals surface area contributed by atoms with Gasteiger partial charge >= 0.3 is 0 Å². The molecule has 3 aliphatic heterocycles. The molecule has 0 aliphatic carbocycles. The van der Waals surface area contributed by atoms with Crippen LogP contribution in [0.3, 0.4) is 0 Å². The van der Waals surface area contributed by atoms with E-state index in [1.165, 1.54) is 0 Å². The van der Waals surface area contributed by atoms with Crippen molar-refractivity contribution in [3.05, 3.63) is 28.3 Å². The summed E-state index contributed by atoms with van der Waals surface area (Å²) in [6.45, 7) is 1.91. The SMILES string of the molecule is Nc1c2c(cc3c1CN(C1CCC(=O)NC1=O)C3=O)CCNC2. The van der Waals surface area contributed by atoms with Gasteiger partial charge in [-0.2, -0.15) is 0 Å². The van der Waals surface area contributed by atoms with Crippen LogP contribution in [0.25, 0.3) is 0 Å². The van der Waals surface area contributed by atoms with Crippen LogP contribution in [-0.2, 0) is 29.1 Å². The lowest BCUT2D eigenvalue weighted by atomic mass is 9.93. The summed E-state index contributed by atoms with van der Waals surface area (Å²) in [5.41, 5.74) is 10.5. The van der Waals surface area contributed by atoms with Crippen LogP contribution >= 0.6 is 0 Å². The number of fused-ring (bicyclic) bond motifs is 2. The maximum absolute atomic E-state index is 12.8. The molecule has 3 amide bonds. The number of nitrogens with zero attached hydrogens (tertiary/aromatic N) is 1. The van der Waals surface area contributed by atoms with Crippen molar-refractivity contribution in [3.63, 3.8) is 0 Å². The lowest BCUT2D eigenvalue weighted by Crippen LogP contribution is -2.52. The molecule has 0 bridgehead atoms.